The van der Waals surface area contributed by atoms with E-state index in [0.29, 0.717) is 22.8 Å². The molecule has 1 atom stereocenters. The van der Waals surface area contributed by atoms with E-state index >= 15 is 0 Å². The second-order valence-electron chi connectivity index (χ2n) is 4.51. The molecule has 0 radical (unpaired) electrons. The molecular formula is C16H20O4S. The topological polar surface area (TPSA) is 47.9 Å². The molecular weight excluding hydrogens is 288 g/mol. The van der Waals surface area contributed by atoms with E-state index in [-0.39, 0.29) is 0 Å². The van der Waals surface area contributed by atoms with Crippen LogP contribution in [0.5, 0.6) is 17.2 Å². The molecule has 1 unspecified atom stereocenters. The molecule has 0 saturated carbocycles. The number of hydrogen-bond acceptors (Lipinski definition) is 5. The van der Waals surface area contributed by atoms with Crippen molar-refractivity contribution in [1.29, 1.82) is 0 Å². The number of hydrogen-bond donors (Lipinski definition) is 1. The zero-order chi connectivity index (χ0) is 15.4. The van der Waals surface area contributed by atoms with Gasteiger partial charge in [0.1, 0.15) is 23.4 Å². The van der Waals surface area contributed by atoms with Gasteiger partial charge < -0.3 is 19.3 Å². The van der Waals surface area contributed by atoms with Crippen molar-refractivity contribution in [2.24, 2.45) is 0 Å². The Balaban J connectivity index is 2.56. The minimum Gasteiger partial charge on any atom is -0.496 e. The van der Waals surface area contributed by atoms with Crippen molar-refractivity contribution in [1.82, 2.24) is 0 Å². The van der Waals surface area contributed by atoms with Crippen molar-refractivity contribution in [3.8, 4) is 17.2 Å². The Morgan fingerprint density at radius 3 is 2.19 bits per heavy atom. The molecule has 5 heteroatoms. The quantitative estimate of drug-likeness (QED) is 0.888. The lowest BCUT2D eigenvalue weighted by molar-refractivity contribution is 0.211. The van der Waals surface area contributed by atoms with Gasteiger partial charge in [0.25, 0.3) is 0 Å². The second kappa shape index (κ2) is 6.83. The predicted octanol–water partition coefficient (Wildman–Crippen LogP) is 3.42. The molecule has 0 fully saturated rings. The van der Waals surface area contributed by atoms with E-state index in [1.165, 1.54) is 11.3 Å². The minimum atomic E-state index is -0.782. The number of ether oxygens (including phenoxy) is 3. The SMILES string of the molecule is CCc1ccsc1C(O)c1c(OC)cc(OC)cc1OC. The third kappa shape index (κ3) is 2.99. The number of aryl methyl sites for hydroxylation is 1. The summed E-state index contributed by atoms with van der Waals surface area (Å²) in [4.78, 5) is 0.916. The molecule has 0 spiro atoms. The van der Waals surface area contributed by atoms with Crippen LogP contribution in [0.3, 0.4) is 0 Å². The number of benzene rings is 1. The highest BCUT2D eigenvalue weighted by molar-refractivity contribution is 7.10. The van der Waals surface area contributed by atoms with Crippen LogP contribution in [-0.4, -0.2) is 26.4 Å². The Kier molecular flexibility index (Phi) is 5.09. The van der Waals surface area contributed by atoms with Crippen LogP contribution in [0.2, 0.25) is 0 Å². The first-order chi connectivity index (χ1) is 10.2. The first kappa shape index (κ1) is 15.7. The highest BCUT2D eigenvalue weighted by atomic mass is 32.1. The van der Waals surface area contributed by atoms with E-state index < -0.39 is 6.10 Å². The number of rotatable bonds is 6. The van der Waals surface area contributed by atoms with E-state index in [0.717, 1.165) is 16.9 Å². The molecule has 0 saturated heterocycles. The molecule has 0 aliphatic carbocycles. The maximum Gasteiger partial charge on any atom is 0.132 e. The van der Waals surface area contributed by atoms with E-state index in [1.807, 2.05) is 11.4 Å². The minimum absolute atomic E-state index is 0.550. The van der Waals surface area contributed by atoms with E-state index in [9.17, 15) is 5.11 Å². The Bertz CT molecular complexity index is 581. The average molecular weight is 308 g/mol. The summed E-state index contributed by atoms with van der Waals surface area (Å²) in [5.74, 6) is 1.73. The molecule has 1 aromatic heterocycles. The summed E-state index contributed by atoms with van der Waals surface area (Å²) in [6.45, 7) is 2.07. The smallest absolute Gasteiger partial charge is 0.132 e. The summed E-state index contributed by atoms with van der Waals surface area (Å²) in [6.07, 6.45) is 0.0900. The van der Waals surface area contributed by atoms with Gasteiger partial charge in [0.15, 0.2) is 0 Å². The molecule has 0 aliphatic rings. The van der Waals surface area contributed by atoms with Crippen LogP contribution in [0.4, 0.5) is 0 Å². The van der Waals surface area contributed by atoms with Gasteiger partial charge in [-0.05, 0) is 23.4 Å². The Morgan fingerprint density at radius 2 is 1.71 bits per heavy atom. The normalized spacial score (nSPS) is 12.0. The van der Waals surface area contributed by atoms with Gasteiger partial charge in [-0.2, -0.15) is 0 Å². The summed E-state index contributed by atoms with van der Waals surface area (Å²) >= 11 is 1.53. The van der Waals surface area contributed by atoms with Gasteiger partial charge in [-0.3, -0.25) is 0 Å². The Labute approximate surface area is 128 Å². The largest absolute Gasteiger partial charge is 0.496 e. The molecule has 0 aliphatic heterocycles. The maximum atomic E-state index is 10.8. The zero-order valence-corrected chi connectivity index (χ0v) is 13.5. The highest BCUT2D eigenvalue weighted by Gasteiger charge is 2.24. The fourth-order valence-corrected chi connectivity index (χ4v) is 3.30. The summed E-state index contributed by atoms with van der Waals surface area (Å²) < 4.78 is 16.0. The number of thiophene rings is 1. The highest BCUT2D eigenvalue weighted by Crippen LogP contribution is 2.42. The second-order valence-corrected chi connectivity index (χ2v) is 5.46. The van der Waals surface area contributed by atoms with Crippen LogP contribution in [0, 0.1) is 0 Å². The molecule has 2 rings (SSSR count). The van der Waals surface area contributed by atoms with Crippen LogP contribution in [0.15, 0.2) is 23.6 Å². The lowest BCUT2D eigenvalue weighted by atomic mass is 10.0. The van der Waals surface area contributed by atoms with Crippen molar-refractivity contribution < 1.29 is 19.3 Å². The van der Waals surface area contributed by atoms with Crippen molar-refractivity contribution >= 4 is 11.3 Å². The van der Waals surface area contributed by atoms with Gasteiger partial charge >= 0.3 is 0 Å². The lowest BCUT2D eigenvalue weighted by Crippen LogP contribution is -2.06. The van der Waals surface area contributed by atoms with Crippen molar-refractivity contribution in [2.75, 3.05) is 21.3 Å². The summed E-state index contributed by atoms with van der Waals surface area (Å²) in [5.41, 5.74) is 1.75. The van der Waals surface area contributed by atoms with Crippen LogP contribution in [0.1, 0.15) is 29.0 Å². The van der Waals surface area contributed by atoms with E-state index in [4.69, 9.17) is 14.2 Å². The van der Waals surface area contributed by atoms with Gasteiger partial charge in [-0.1, -0.05) is 6.92 Å². The third-order valence-corrected chi connectivity index (χ3v) is 4.45. The summed E-state index contributed by atoms with van der Waals surface area (Å²) in [7, 11) is 4.72. The summed E-state index contributed by atoms with van der Waals surface area (Å²) in [6, 6.07) is 5.53. The van der Waals surface area contributed by atoms with Crippen molar-refractivity contribution in [2.45, 2.75) is 19.4 Å². The van der Waals surface area contributed by atoms with Gasteiger partial charge in [0, 0.05) is 17.0 Å². The van der Waals surface area contributed by atoms with Gasteiger partial charge in [0.2, 0.25) is 0 Å². The van der Waals surface area contributed by atoms with Gasteiger partial charge in [0.05, 0.1) is 26.9 Å². The molecule has 114 valence electrons. The van der Waals surface area contributed by atoms with Crippen LogP contribution < -0.4 is 14.2 Å². The third-order valence-electron chi connectivity index (χ3n) is 3.44. The number of aliphatic hydroxyl groups is 1. The number of methoxy groups -OCH3 is 3. The Hall–Kier alpha value is -1.72. The van der Waals surface area contributed by atoms with Crippen LogP contribution in [0.25, 0.3) is 0 Å². The fourth-order valence-electron chi connectivity index (χ4n) is 2.31. The molecule has 0 bridgehead atoms. The molecule has 21 heavy (non-hydrogen) atoms. The van der Waals surface area contributed by atoms with E-state index in [2.05, 4.69) is 6.92 Å². The zero-order valence-electron chi connectivity index (χ0n) is 12.7. The molecule has 1 aromatic carbocycles. The first-order valence-corrected chi connectivity index (χ1v) is 7.58. The molecule has 4 nitrogen and oxygen atoms in total. The number of aliphatic hydroxyl groups excluding tert-OH is 1. The fraction of sp³-hybridized carbons (Fsp3) is 0.375. The average Bonchev–Trinajstić information content (AvgIpc) is 3.01. The first-order valence-electron chi connectivity index (χ1n) is 6.70. The van der Waals surface area contributed by atoms with Crippen molar-refractivity contribution in [3.05, 3.63) is 39.6 Å². The van der Waals surface area contributed by atoms with Crippen LogP contribution in [-0.2, 0) is 6.42 Å². The van der Waals surface area contributed by atoms with Gasteiger partial charge in [-0.15, -0.1) is 11.3 Å². The maximum absolute atomic E-state index is 10.8. The molecule has 1 heterocycles. The predicted molar refractivity (Wildman–Crippen MR) is 83.9 cm³/mol. The monoisotopic (exact) mass is 308 g/mol. The van der Waals surface area contributed by atoms with Crippen LogP contribution >= 0.6 is 11.3 Å². The Morgan fingerprint density at radius 1 is 1.10 bits per heavy atom. The van der Waals surface area contributed by atoms with E-state index in [1.54, 1.807) is 33.5 Å². The summed E-state index contributed by atoms with van der Waals surface area (Å²) in [5, 5.41) is 12.8. The molecule has 0 amide bonds. The lowest BCUT2D eigenvalue weighted by Gasteiger charge is -2.19. The van der Waals surface area contributed by atoms with Crippen molar-refractivity contribution in [3.63, 3.8) is 0 Å². The molecule has 1 N–H and O–H groups in total. The molecule has 2 aromatic rings. The standard InChI is InChI=1S/C16H20O4S/c1-5-10-6-7-21-16(10)15(17)14-12(19-3)8-11(18-2)9-13(14)20-4/h6-9,15,17H,5H2,1-4H3. The van der Waals surface area contributed by atoms with Gasteiger partial charge in [-0.25, -0.2) is 0 Å².